The number of hydrogen-bond donors (Lipinski definition) is 2. The Morgan fingerprint density at radius 1 is 0.842 bits per heavy atom. The van der Waals surface area contributed by atoms with Gasteiger partial charge in [-0.25, -0.2) is 0 Å². The molecule has 0 aliphatic heterocycles. The number of aliphatic hydroxyl groups excluding tert-OH is 2. The van der Waals surface area contributed by atoms with Gasteiger partial charge in [-0.1, -0.05) is 0 Å². The van der Waals surface area contributed by atoms with E-state index in [9.17, 15) is 10.2 Å². The van der Waals surface area contributed by atoms with Gasteiger partial charge in [0, 0.05) is 0 Å². The van der Waals surface area contributed by atoms with Gasteiger partial charge in [0.05, 0.1) is 0 Å². The molecule has 2 unspecified atom stereocenters. The van der Waals surface area contributed by atoms with Gasteiger partial charge >= 0.3 is 123 Å². The van der Waals surface area contributed by atoms with Crippen molar-refractivity contribution in [3.05, 3.63) is 0 Å². The van der Waals surface area contributed by atoms with E-state index in [1.165, 1.54) is 0 Å². The van der Waals surface area contributed by atoms with Crippen LogP contribution in [0.1, 0.15) is 53.4 Å². The van der Waals surface area contributed by atoms with Crippen molar-refractivity contribution in [2.24, 2.45) is 0 Å². The van der Waals surface area contributed by atoms with E-state index in [0.717, 1.165) is 34.6 Å². The molecular formula is C14H32O4Sn. The second-order valence-electron chi connectivity index (χ2n) is 5.44. The molecule has 2 N–H and O–H groups in total. The molecule has 0 heterocycles. The number of rotatable bonds is 12. The van der Waals surface area contributed by atoms with Crippen molar-refractivity contribution in [3.8, 4) is 0 Å². The predicted molar refractivity (Wildman–Crippen MR) is 80.4 cm³/mol. The van der Waals surface area contributed by atoms with Crippen LogP contribution in [0.5, 0.6) is 0 Å². The van der Waals surface area contributed by atoms with Crippen LogP contribution in [0.2, 0.25) is 8.87 Å². The predicted octanol–water partition coefficient (Wildman–Crippen LogP) is 2.82. The fourth-order valence-electron chi connectivity index (χ4n) is 1.89. The molecular weight excluding hydrogens is 351 g/mol. The zero-order valence-corrected chi connectivity index (χ0v) is 15.9. The average Bonchev–Trinajstić information content (AvgIpc) is 2.37. The van der Waals surface area contributed by atoms with Gasteiger partial charge in [0.15, 0.2) is 0 Å². The number of unbranched alkanes of at least 4 members (excludes halogenated alkanes) is 2. The summed E-state index contributed by atoms with van der Waals surface area (Å²) in [5, 5.41) is 18.9. The first kappa shape index (κ1) is 19.6. The first-order valence-corrected chi connectivity index (χ1v) is 14.0. The molecule has 0 saturated carbocycles. The van der Waals surface area contributed by atoms with Gasteiger partial charge < -0.3 is 0 Å². The summed E-state index contributed by atoms with van der Waals surface area (Å²) in [5.74, 6) is 0. The molecule has 19 heavy (non-hydrogen) atoms. The molecule has 0 aromatic rings. The van der Waals surface area contributed by atoms with Crippen LogP contribution in [0.25, 0.3) is 0 Å². The molecule has 0 amide bonds. The minimum absolute atomic E-state index is 0.364. The summed E-state index contributed by atoms with van der Waals surface area (Å²) in [7, 11) is 0. The molecule has 0 saturated heterocycles. The zero-order valence-electron chi connectivity index (χ0n) is 13.0. The molecule has 0 rings (SSSR count). The van der Waals surface area contributed by atoms with Gasteiger partial charge in [-0.2, -0.15) is 0 Å². The van der Waals surface area contributed by atoms with Gasteiger partial charge in [0.2, 0.25) is 0 Å². The first-order valence-electron chi connectivity index (χ1n) is 7.59. The van der Waals surface area contributed by atoms with Crippen molar-refractivity contribution >= 4 is 19.2 Å². The molecule has 0 aromatic heterocycles. The molecule has 0 spiro atoms. The third kappa shape index (κ3) is 10.1. The fraction of sp³-hybridized carbons (Fsp3) is 1.00. The van der Waals surface area contributed by atoms with Crippen molar-refractivity contribution in [1.29, 1.82) is 0 Å². The quantitative estimate of drug-likeness (QED) is 0.509. The molecule has 0 aromatic carbocycles. The molecule has 4 nitrogen and oxygen atoms in total. The standard InChI is InChI=1S/2C4H9.2C3H7O2.Sn/c2*1-3-4-2;2*1-3(5)2-4;/h2*1,3-4H2,2H3;2*3,5H,2H2,1H3;/q;;2*-1;+2. The maximum atomic E-state index is 9.45. The van der Waals surface area contributed by atoms with E-state index in [1.54, 1.807) is 13.8 Å². The summed E-state index contributed by atoms with van der Waals surface area (Å²) in [5.41, 5.74) is 0. The van der Waals surface area contributed by atoms with Crippen LogP contribution in [0.15, 0.2) is 0 Å². The van der Waals surface area contributed by atoms with Gasteiger partial charge in [-0.15, -0.1) is 0 Å². The van der Waals surface area contributed by atoms with Gasteiger partial charge in [-0.05, 0) is 0 Å². The molecule has 2 atom stereocenters. The second-order valence-corrected chi connectivity index (χ2v) is 15.1. The van der Waals surface area contributed by atoms with Crippen LogP contribution >= 0.6 is 0 Å². The van der Waals surface area contributed by atoms with E-state index in [0.29, 0.717) is 13.2 Å². The van der Waals surface area contributed by atoms with E-state index >= 15 is 0 Å². The summed E-state index contributed by atoms with van der Waals surface area (Å²) < 4.78 is 14.2. The van der Waals surface area contributed by atoms with Crippen molar-refractivity contribution < 1.29 is 16.4 Å². The Balaban J connectivity index is 4.62. The van der Waals surface area contributed by atoms with Crippen molar-refractivity contribution in [3.63, 3.8) is 0 Å². The number of aliphatic hydroxyl groups is 2. The van der Waals surface area contributed by atoms with Crippen LogP contribution in [0.3, 0.4) is 0 Å². The first-order chi connectivity index (χ1) is 8.95. The van der Waals surface area contributed by atoms with Gasteiger partial charge in [0.1, 0.15) is 0 Å². The molecule has 0 radical (unpaired) electrons. The topological polar surface area (TPSA) is 58.9 Å². The van der Waals surface area contributed by atoms with E-state index in [2.05, 4.69) is 13.8 Å². The third-order valence-corrected chi connectivity index (χ3v) is 13.3. The van der Waals surface area contributed by atoms with Crippen LogP contribution in [0, 0.1) is 0 Å². The van der Waals surface area contributed by atoms with Gasteiger partial charge in [-0.3, -0.25) is 0 Å². The Morgan fingerprint density at radius 3 is 1.47 bits per heavy atom. The molecule has 0 bridgehead atoms. The van der Waals surface area contributed by atoms with Crippen molar-refractivity contribution in [2.45, 2.75) is 74.5 Å². The van der Waals surface area contributed by atoms with Crippen LogP contribution in [0.4, 0.5) is 0 Å². The SMILES string of the molecule is CCC[CH2][Sn]([CH2]CCC)([O]CC(C)O)[O]CC(C)O. The summed E-state index contributed by atoms with van der Waals surface area (Å²) in [6, 6.07) is 0. The molecule has 0 fully saturated rings. The fourth-order valence-corrected chi connectivity index (χ4v) is 12.7. The van der Waals surface area contributed by atoms with Crippen LogP contribution < -0.4 is 0 Å². The van der Waals surface area contributed by atoms with E-state index < -0.39 is 31.4 Å². The number of hydrogen-bond acceptors (Lipinski definition) is 4. The summed E-state index contributed by atoms with van der Waals surface area (Å²) in [4.78, 5) is 0. The van der Waals surface area contributed by atoms with Crippen molar-refractivity contribution in [1.82, 2.24) is 0 Å². The summed E-state index contributed by atoms with van der Waals surface area (Å²) in [6.07, 6.45) is 3.57. The third-order valence-electron chi connectivity index (χ3n) is 3.00. The van der Waals surface area contributed by atoms with Gasteiger partial charge in [0.25, 0.3) is 0 Å². The molecule has 5 heteroatoms. The molecule has 0 aliphatic rings. The van der Waals surface area contributed by atoms with Crippen LogP contribution in [-0.2, 0) is 6.15 Å². The van der Waals surface area contributed by atoms with E-state index in [1.807, 2.05) is 0 Å². The van der Waals surface area contributed by atoms with Crippen LogP contribution in [-0.4, -0.2) is 54.8 Å². The molecule has 116 valence electrons. The zero-order chi connectivity index (χ0) is 14.7. The Labute approximate surface area is 123 Å². The van der Waals surface area contributed by atoms with E-state index in [-0.39, 0.29) is 0 Å². The Bertz CT molecular complexity index is 188. The average molecular weight is 383 g/mol. The van der Waals surface area contributed by atoms with Crippen molar-refractivity contribution in [2.75, 3.05) is 13.2 Å². The Morgan fingerprint density at radius 2 is 1.21 bits per heavy atom. The minimum atomic E-state index is -3.12. The normalized spacial score (nSPS) is 15.5. The Hall–Kier alpha value is 0.639. The molecule has 0 aliphatic carbocycles. The van der Waals surface area contributed by atoms with E-state index in [4.69, 9.17) is 6.15 Å². The maximum absolute atomic E-state index is 9.45. The summed E-state index contributed by atoms with van der Waals surface area (Å²) >= 11 is -3.12. The summed E-state index contributed by atoms with van der Waals surface area (Å²) in [6.45, 7) is 8.54. The Kier molecular flexibility index (Phi) is 11.7. The monoisotopic (exact) mass is 384 g/mol. The second kappa shape index (κ2) is 11.3.